The van der Waals surface area contributed by atoms with Crippen LogP contribution in [-0.2, 0) is 0 Å². The maximum Gasteiger partial charge on any atom is 0.0964 e. The Morgan fingerprint density at radius 2 is 0.970 bits per heavy atom. The Labute approximate surface area is 213 Å². The van der Waals surface area contributed by atoms with Crippen LogP contribution >= 0.6 is 17.8 Å². The van der Waals surface area contributed by atoms with Crippen molar-refractivity contribution in [2.24, 2.45) is 0 Å². The summed E-state index contributed by atoms with van der Waals surface area (Å²) in [5.41, 5.74) is 1.95. The molecule has 0 aliphatic carbocycles. The quantitative estimate of drug-likeness (QED) is 0.105. The van der Waals surface area contributed by atoms with Gasteiger partial charge in [0.25, 0.3) is 0 Å². The molecule has 0 aliphatic heterocycles. The number of nitrogens with zero attached hydrogens (tertiary/aromatic N) is 2. The van der Waals surface area contributed by atoms with Crippen molar-refractivity contribution < 1.29 is 0 Å². The molecule has 0 aliphatic rings. The Morgan fingerprint density at radius 1 is 0.576 bits per heavy atom. The van der Waals surface area contributed by atoms with Gasteiger partial charge in [-0.1, -0.05) is 24.3 Å². The third-order valence-corrected chi connectivity index (χ3v) is 17.4. The first-order valence-electron chi connectivity index (χ1n) is 13.0. The van der Waals surface area contributed by atoms with Gasteiger partial charge in [-0.2, -0.15) is 0 Å². The monoisotopic (exact) mass is 596 g/mol. The van der Waals surface area contributed by atoms with Crippen molar-refractivity contribution in [3.63, 3.8) is 0 Å². The molecular formula is C28H42Cl2N2Sn. The average Bonchev–Trinajstić information content (AvgIpc) is 2.84. The van der Waals surface area contributed by atoms with Crippen LogP contribution in [0.4, 0.5) is 0 Å². The first kappa shape index (κ1) is 28.7. The van der Waals surface area contributed by atoms with E-state index in [1.54, 1.807) is 12.4 Å². The normalized spacial score (nSPS) is 11.5. The average molecular weight is 596 g/mol. The van der Waals surface area contributed by atoms with Crippen molar-refractivity contribution in [3.05, 3.63) is 48.8 Å². The summed E-state index contributed by atoms with van der Waals surface area (Å²) in [6, 6.07) is 12.1. The van der Waals surface area contributed by atoms with Gasteiger partial charge in [0.05, 0.1) is 11.0 Å². The molecular weight excluding hydrogens is 554 g/mol. The van der Waals surface area contributed by atoms with E-state index in [1.165, 1.54) is 85.9 Å². The van der Waals surface area contributed by atoms with E-state index < -0.39 is 16.1 Å². The molecule has 33 heavy (non-hydrogen) atoms. The van der Waals surface area contributed by atoms with Crippen LogP contribution in [0.1, 0.15) is 90.9 Å². The predicted octanol–water partition coefficient (Wildman–Crippen LogP) is 10.4. The van der Waals surface area contributed by atoms with Crippen LogP contribution in [0.15, 0.2) is 48.8 Å². The molecule has 2 heterocycles. The smallest absolute Gasteiger partial charge is 0.0964 e. The van der Waals surface area contributed by atoms with Crippen molar-refractivity contribution in [2.45, 2.75) is 99.8 Å². The van der Waals surface area contributed by atoms with Gasteiger partial charge in [0.15, 0.2) is 0 Å². The molecule has 3 aromatic rings. The minimum atomic E-state index is -2.63. The van der Waals surface area contributed by atoms with Gasteiger partial charge in [-0.3, -0.25) is 9.97 Å². The number of benzene rings is 1. The van der Waals surface area contributed by atoms with E-state index in [9.17, 15) is 0 Å². The third-order valence-electron chi connectivity index (χ3n) is 6.14. The second kappa shape index (κ2) is 16.9. The molecule has 182 valence electrons. The van der Waals surface area contributed by atoms with Crippen LogP contribution in [-0.4, -0.2) is 26.1 Å². The number of pyridine rings is 2. The van der Waals surface area contributed by atoms with Crippen molar-refractivity contribution in [3.8, 4) is 0 Å². The molecule has 0 fully saturated rings. The molecule has 5 heteroatoms. The number of aromatic nitrogens is 2. The number of hydrogen-bond acceptors (Lipinski definition) is 2. The second-order valence-electron chi connectivity index (χ2n) is 9.11. The zero-order valence-corrected chi connectivity index (χ0v) is 25.0. The molecule has 2 aromatic heterocycles. The molecule has 0 atom stereocenters. The fourth-order valence-corrected chi connectivity index (χ4v) is 12.8. The molecule has 2 nitrogen and oxygen atoms in total. The minimum Gasteiger partial charge on any atom is -0.254 e. The van der Waals surface area contributed by atoms with Crippen LogP contribution in [0.25, 0.3) is 21.8 Å². The number of fused-ring (bicyclic) bond motifs is 3. The zero-order chi connectivity index (χ0) is 23.8. The van der Waals surface area contributed by atoms with Gasteiger partial charge in [-0.15, -0.1) is 0 Å². The summed E-state index contributed by atoms with van der Waals surface area (Å²) in [5, 5.41) is 2.28. The minimum absolute atomic E-state index is 0.977. The Balaban J connectivity index is 0.000000241. The molecule has 0 spiro atoms. The van der Waals surface area contributed by atoms with Crippen molar-refractivity contribution in [2.75, 3.05) is 0 Å². The summed E-state index contributed by atoms with van der Waals surface area (Å²) in [7, 11) is 13.2. The molecule has 0 amide bonds. The number of unbranched alkanes of at least 4 members (excludes halogenated alkanes) is 10. The van der Waals surface area contributed by atoms with E-state index in [2.05, 4.69) is 48.1 Å². The number of halogens is 2. The molecule has 0 radical (unpaired) electrons. The van der Waals surface area contributed by atoms with Gasteiger partial charge in [0, 0.05) is 23.2 Å². The standard InChI is InChI=1S/C12H8N2.2C8H17.2ClH.Sn/c1-3-9-5-6-10-4-2-8-14-12(10)11(9)13-7-1;2*1-3-5-7-8-6-4-2;;;/h1-8H;2*1,3-8H2,2H3;2*1H;/q;;;;;+2/p-2. The predicted molar refractivity (Wildman–Crippen MR) is 151 cm³/mol. The summed E-state index contributed by atoms with van der Waals surface area (Å²) in [6.07, 6.45) is 19.8. The van der Waals surface area contributed by atoms with Crippen LogP contribution in [0.5, 0.6) is 0 Å². The van der Waals surface area contributed by atoms with Gasteiger partial charge >= 0.3 is 134 Å². The van der Waals surface area contributed by atoms with Crippen molar-refractivity contribution in [1.82, 2.24) is 9.97 Å². The molecule has 3 rings (SSSR count). The maximum atomic E-state index is 6.59. The van der Waals surface area contributed by atoms with E-state index in [4.69, 9.17) is 17.8 Å². The van der Waals surface area contributed by atoms with Crippen LogP contribution < -0.4 is 0 Å². The van der Waals surface area contributed by atoms with Crippen LogP contribution in [0.3, 0.4) is 0 Å². The molecule has 1 aromatic carbocycles. The van der Waals surface area contributed by atoms with Gasteiger partial charge < -0.3 is 0 Å². The topological polar surface area (TPSA) is 25.8 Å². The summed E-state index contributed by atoms with van der Waals surface area (Å²) in [4.78, 5) is 8.69. The molecule has 0 N–H and O–H groups in total. The largest absolute Gasteiger partial charge is 0.254 e. The Kier molecular flexibility index (Phi) is 14.7. The first-order chi connectivity index (χ1) is 16.1. The van der Waals surface area contributed by atoms with Gasteiger partial charge in [0.2, 0.25) is 0 Å². The summed E-state index contributed by atoms with van der Waals surface area (Å²) < 4.78 is 2.36. The number of rotatable bonds is 14. The van der Waals surface area contributed by atoms with Crippen molar-refractivity contribution in [1.29, 1.82) is 0 Å². The molecule has 0 saturated heterocycles. The Hall–Kier alpha value is -0.581. The van der Waals surface area contributed by atoms with E-state index in [0.29, 0.717) is 0 Å². The maximum absolute atomic E-state index is 6.59. The van der Waals surface area contributed by atoms with Gasteiger partial charge in [0.1, 0.15) is 0 Å². The molecule has 0 unspecified atom stereocenters. The SMILES string of the molecule is CCCCCCC[CH2][Sn]([Cl])([Cl])[CH2]CCCCCCC.c1cnc2c(c1)ccc1cccnc12. The van der Waals surface area contributed by atoms with E-state index in [-0.39, 0.29) is 0 Å². The van der Waals surface area contributed by atoms with Crippen LogP contribution in [0.2, 0.25) is 8.87 Å². The second-order valence-corrected chi connectivity index (χ2v) is 27.9. The third kappa shape index (κ3) is 11.6. The van der Waals surface area contributed by atoms with E-state index >= 15 is 0 Å². The fourth-order valence-electron chi connectivity index (χ4n) is 4.13. The number of hydrogen-bond donors (Lipinski definition) is 0. The molecule has 0 bridgehead atoms. The Morgan fingerprint density at radius 3 is 1.39 bits per heavy atom. The van der Waals surface area contributed by atoms with Crippen LogP contribution in [0, 0.1) is 0 Å². The van der Waals surface area contributed by atoms with E-state index in [0.717, 1.165) is 21.8 Å². The van der Waals surface area contributed by atoms with E-state index in [1.807, 2.05) is 12.1 Å². The first-order valence-corrected chi connectivity index (χ1v) is 24.3. The Bertz CT molecular complexity index is 844. The van der Waals surface area contributed by atoms with Crippen molar-refractivity contribution >= 4 is 55.8 Å². The zero-order valence-electron chi connectivity index (χ0n) is 20.7. The fraction of sp³-hybridized carbons (Fsp3) is 0.571. The summed E-state index contributed by atoms with van der Waals surface area (Å²) >= 11 is -2.63. The van der Waals surface area contributed by atoms with Gasteiger partial charge in [-0.25, -0.2) is 0 Å². The summed E-state index contributed by atoms with van der Waals surface area (Å²) in [5.74, 6) is 0. The summed E-state index contributed by atoms with van der Waals surface area (Å²) in [6.45, 7) is 4.53. The molecule has 0 saturated carbocycles. The van der Waals surface area contributed by atoms with Gasteiger partial charge in [-0.05, 0) is 12.1 Å².